The highest BCUT2D eigenvalue weighted by atomic mass is 16.6. The number of carbonyl (C=O) groups is 3. The van der Waals surface area contributed by atoms with Crippen molar-refractivity contribution in [1.82, 2.24) is 0 Å². The Morgan fingerprint density at radius 2 is 1.72 bits per heavy atom. The number of ether oxygens (including phenoxy) is 1. The molecule has 0 aromatic carbocycles. The zero-order valence-corrected chi connectivity index (χ0v) is 18.3. The highest BCUT2D eigenvalue weighted by molar-refractivity contribution is 5.92. The van der Waals surface area contributed by atoms with E-state index in [4.69, 9.17) is 4.74 Å². The van der Waals surface area contributed by atoms with Gasteiger partial charge >= 0.3 is 5.97 Å². The summed E-state index contributed by atoms with van der Waals surface area (Å²) in [4.78, 5) is 36.9. The summed E-state index contributed by atoms with van der Waals surface area (Å²) in [7, 11) is 0. The number of Topliss-reactive ketones (excluding diaryl/α,β-unsaturated/α-hetero) is 1. The van der Waals surface area contributed by atoms with Gasteiger partial charge in [-0.25, -0.2) is 0 Å². The van der Waals surface area contributed by atoms with Gasteiger partial charge in [-0.2, -0.15) is 0 Å². The molecule has 5 nitrogen and oxygen atoms in total. The fourth-order valence-corrected chi connectivity index (χ4v) is 8.06. The average Bonchev–Trinajstić information content (AvgIpc) is 2.90. The third kappa shape index (κ3) is 2.65. The van der Waals surface area contributed by atoms with Gasteiger partial charge in [-0.05, 0) is 87.2 Å². The first-order valence-electron chi connectivity index (χ1n) is 11.1. The molecule has 0 spiro atoms. The zero-order chi connectivity index (χ0) is 21.4. The molecule has 1 N–H and O–H groups in total. The molecule has 0 bridgehead atoms. The summed E-state index contributed by atoms with van der Waals surface area (Å²) in [6.07, 6.45) is 6.76. The number of esters is 1. The molecule has 160 valence electrons. The summed E-state index contributed by atoms with van der Waals surface area (Å²) in [5, 5.41) is 11.4. The second-order valence-corrected chi connectivity index (χ2v) is 10.8. The fourth-order valence-electron chi connectivity index (χ4n) is 8.06. The lowest BCUT2D eigenvalue weighted by Crippen LogP contribution is -2.61. The molecule has 4 rings (SSSR count). The zero-order valence-electron chi connectivity index (χ0n) is 18.3. The van der Waals surface area contributed by atoms with Crippen LogP contribution >= 0.6 is 0 Å². The monoisotopic (exact) mass is 402 g/mol. The van der Waals surface area contributed by atoms with Gasteiger partial charge in [0.05, 0.1) is 5.60 Å². The van der Waals surface area contributed by atoms with Crippen molar-refractivity contribution in [2.45, 2.75) is 90.8 Å². The van der Waals surface area contributed by atoms with Crippen LogP contribution in [0.4, 0.5) is 0 Å². The van der Waals surface area contributed by atoms with E-state index >= 15 is 0 Å². The molecule has 0 heterocycles. The summed E-state index contributed by atoms with van der Waals surface area (Å²) in [6.45, 7) is 9.12. The Morgan fingerprint density at radius 3 is 2.34 bits per heavy atom. The minimum Gasteiger partial charge on any atom is -0.451 e. The molecule has 0 aliphatic heterocycles. The average molecular weight is 403 g/mol. The van der Waals surface area contributed by atoms with Crippen molar-refractivity contribution >= 4 is 17.5 Å². The smallest absolute Gasteiger partial charge is 0.303 e. The van der Waals surface area contributed by atoms with Crippen LogP contribution in [0, 0.1) is 28.6 Å². The van der Waals surface area contributed by atoms with Gasteiger partial charge < -0.3 is 9.84 Å². The van der Waals surface area contributed by atoms with Crippen molar-refractivity contribution in [1.29, 1.82) is 0 Å². The Kier molecular flexibility index (Phi) is 4.48. The van der Waals surface area contributed by atoms with Gasteiger partial charge in [0.25, 0.3) is 0 Å². The van der Waals surface area contributed by atoms with Gasteiger partial charge in [0.1, 0.15) is 0 Å². The maximum atomic E-state index is 12.8. The fraction of sp³-hybridized carbons (Fsp3) is 0.792. The maximum Gasteiger partial charge on any atom is 0.303 e. The molecule has 29 heavy (non-hydrogen) atoms. The van der Waals surface area contributed by atoms with Crippen LogP contribution in [0.25, 0.3) is 0 Å². The minimum absolute atomic E-state index is 0.0613. The van der Waals surface area contributed by atoms with Gasteiger partial charge in [-0.15, -0.1) is 0 Å². The Labute approximate surface area is 173 Å². The maximum absolute atomic E-state index is 12.8. The van der Waals surface area contributed by atoms with E-state index in [1.807, 2.05) is 6.92 Å². The normalized spacial score (nSPS) is 48.8. The van der Waals surface area contributed by atoms with Gasteiger partial charge in [-0.3, -0.25) is 14.4 Å². The van der Waals surface area contributed by atoms with E-state index in [1.54, 1.807) is 13.0 Å². The third-order valence-electron chi connectivity index (χ3n) is 9.29. The first-order valence-corrected chi connectivity index (χ1v) is 11.1. The van der Waals surface area contributed by atoms with E-state index in [9.17, 15) is 19.5 Å². The van der Waals surface area contributed by atoms with Crippen molar-refractivity contribution in [2.75, 3.05) is 0 Å². The summed E-state index contributed by atoms with van der Waals surface area (Å²) >= 11 is 0. The summed E-state index contributed by atoms with van der Waals surface area (Å²) in [6, 6.07) is 0. The lowest BCUT2D eigenvalue weighted by Gasteiger charge is -2.62. The number of hydrogen-bond acceptors (Lipinski definition) is 5. The highest BCUT2D eigenvalue weighted by Gasteiger charge is 2.69. The summed E-state index contributed by atoms with van der Waals surface area (Å²) < 4.78 is 5.80. The molecule has 0 aromatic rings. The van der Waals surface area contributed by atoms with Crippen LogP contribution in [0.2, 0.25) is 0 Å². The molecule has 0 aromatic heterocycles. The SMILES string of the molecule is CC(=O)O[C@]1(C(C)=O)CC[C@@H]2[C@@H]3C[C@@](C)(O)C4=CC(=O)CC[C@]4(C)[C@@H]3CC[C@@]21C. The molecule has 3 saturated carbocycles. The quantitative estimate of drug-likeness (QED) is 0.711. The molecular formula is C24H34O5. The van der Waals surface area contributed by atoms with Crippen molar-refractivity contribution in [3.8, 4) is 0 Å². The Balaban J connectivity index is 1.77. The van der Waals surface area contributed by atoms with Gasteiger partial charge in [0.2, 0.25) is 0 Å². The van der Waals surface area contributed by atoms with Crippen molar-refractivity contribution in [2.24, 2.45) is 28.6 Å². The number of ketones is 2. The van der Waals surface area contributed by atoms with Gasteiger partial charge in [-0.1, -0.05) is 13.8 Å². The Hall–Kier alpha value is -1.49. The number of hydrogen-bond donors (Lipinski definition) is 1. The Bertz CT molecular complexity index is 810. The predicted molar refractivity (Wildman–Crippen MR) is 108 cm³/mol. The summed E-state index contributed by atoms with van der Waals surface area (Å²) in [5.74, 6) is 0.489. The van der Waals surface area contributed by atoms with E-state index in [0.717, 1.165) is 31.3 Å². The topological polar surface area (TPSA) is 80.7 Å². The van der Waals surface area contributed by atoms with E-state index in [-0.39, 0.29) is 28.8 Å². The van der Waals surface area contributed by atoms with Gasteiger partial charge in [0.15, 0.2) is 17.2 Å². The van der Waals surface area contributed by atoms with Crippen LogP contribution in [0.3, 0.4) is 0 Å². The van der Waals surface area contributed by atoms with Crippen LogP contribution in [-0.2, 0) is 19.1 Å². The van der Waals surface area contributed by atoms with E-state index in [2.05, 4.69) is 13.8 Å². The molecule has 7 atom stereocenters. The second kappa shape index (κ2) is 6.26. The standard InChI is InChI=1S/C24H34O5/c1-14(25)24(29-15(2)26)11-8-19-17-13-23(5,28)20-12-16(27)6-9-21(20,3)18(17)7-10-22(19,24)4/h12,17-19,28H,6-11,13H2,1-5H3/t17-,18-,19-,21-,22+,23-,24+/m1/s1. The van der Waals surface area contributed by atoms with Crippen LogP contribution in [0.1, 0.15) is 79.6 Å². The summed E-state index contributed by atoms with van der Waals surface area (Å²) in [5.41, 5.74) is -1.77. The molecule has 0 radical (unpaired) electrons. The van der Waals surface area contributed by atoms with Crippen LogP contribution in [-0.4, -0.2) is 33.8 Å². The molecular weight excluding hydrogens is 368 g/mol. The minimum atomic E-state index is -1.06. The van der Waals surface area contributed by atoms with Crippen LogP contribution in [0.5, 0.6) is 0 Å². The number of rotatable bonds is 2. The lowest BCUT2D eigenvalue weighted by atomic mass is 9.44. The number of carbonyl (C=O) groups excluding carboxylic acids is 3. The first kappa shape index (κ1) is 20.8. The Morgan fingerprint density at radius 1 is 1.07 bits per heavy atom. The first-order chi connectivity index (χ1) is 13.4. The van der Waals surface area contributed by atoms with Crippen molar-refractivity contribution in [3.05, 3.63) is 11.6 Å². The molecule has 0 amide bonds. The van der Waals surface area contributed by atoms with Crippen molar-refractivity contribution in [3.63, 3.8) is 0 Å². The van der Waals surface area contributed by atoms with E-state index < -0.39 is 22.6 Å². The molecule has 0 unspecified atom stereocenters. The van der Waals surface area contributed by atoms with Crippen LogP contribution in [0.15, 0.2) is 11.6 Å². The lowest BCUT2D eigenvalue weighted by molar-refractivity contribution is -0.190. The van der Waals surface area contributed by atoms with Crippen molar-refractivity contribution < 1.29 is 24.2 Å². The van der Waals surface area contributed by atoms with E-state index in [1.165, 1.54) is 6.92 Å². The molecule has 5 heteroatoms. The second-order valence-electron chi connectivity index (χ2n) is 10.8. The highest BCUT2D eigenvalue weighted by Crippen LogP contribution is 2.69. The predicted octanol–water partition coefficient (Wildman–Crippen LogP) is 3.77. The third-order valence-corrected chi connectivity index (χ3v) is 9.29. The molecule has 4 aliphatic rings. The molecule has 3 fully saturated rings. The number of fused-ring (bicyclic) bond motifs is 5. The molecule has 4 aliphatic carbocycles. The van der Waals surface area contributed by atoms with Gasteiger partial charge in [0, 0.05) is 18.8 Å². The molecule has 0 saturated heterocycles. The van der Waals surface area contributed by atoms with Crippen LogP contribution < -0.4 is 0 Å². The largest absolute Gasteiger partial charge is 0.451 e. The van der Waals surface area contributed by atoms with E-state index in [0.29, 0.717) is 25.2 Å². The number of aliphatic hydroxyl groups is 1.